The maximum absolute atomic E-state index is 9.69. The van der Waals surface area contributed by atoms with Crippen molar-refractivity contribution in [1.82, 2.24) is 5.32 Å². The summed E-state index contributed by atoms with van der Waals surface area (Å²) in [4.78, 5) is 0. The molecule has 0 heterocycles. The van der Waals surface area contributed by atoms with Crippen molar-refractivity contribution in [1.29, 1.82) is 0 Å². The van der Waals surface area contributed by atoms with E-state index >= 15 is 0 Å². The van der Waals surface area contributed by atoms with Crippen molar-refractivity contribution >= 4 is 0 Å². The van der Waals surface area contributed by atoms with Gasteiger partial charge in [0.2, 0.25) is 0 Å². The van der Waals surface area contributed by atoms with Gasteiger partial charge in [-0.15, -0.1) is 0 Å². The van der Waals surface area contributed by atoms with Crippen LogP contribution < -0.4 is 5.32 Å². The second-order valence-electron chi connectivity index (χ2n) is 4.14. The second-order valence-corrected chi connectivity index (χ2v) is 4.14. The first-order valence-electron chi connectivity index (χ1n) is 5.91. The third-order valence-electron chi connectivity index (χ3n) is 2.64. The number of hydrogen-bond acceptors (Lipinski definition) is 4. The van der Waals surface area contributed by atoms with Gasteiger partial charge in [-0.05, 0) is 39.0 Å². The Bertz CT molecular complexity index is 355. The van der Waals surface area contributed by atoms with Crippen LogP contribution in [0.1, 0.15) is 32.4 Å². The lowest BCUT2D eigenvalue weighted by Crippen LogP contribution is -2.29. The van der Waals surface area contributed by atoms with Crippen molar-refractivity contribution in [2.24, 2.45) is 0 Å². The van der Waals surface area contributed by atoms with Crippen LogP contribution in [0, 0.1) is 0 Å². The fourth-order valence-corrected chi connectivity index (χ4v) is 1.68. The predicted octanol–water partition coefficient (Wildman–Crippen LogP) is 2.17. The summed E-state index contributed by atoms with van der Waals surface area (Å²) in [5, 5.41) is 22.3. The third-order valence-corrected chi connectivity index (χ3v) is 2.64. The molecule has 0 fully saturated rings. The average molecular weight is 239 g/mol. The van der Waals surface area contributed by atoms with Crippen LogP contribution in [0.25, 0.3) is 0 Å². The van der Waals surface area contributed by atoms with Crippen molar-refractivity contribution < 1.29 is 14.9 Å². The Kier molecular flexibility index (Phi) is 5.25. The number of rotatable bonds is 6. The normalized spacial score (nSPS) is 14.5. The van der Waals surface area contributed by atoms with Gasteiger partial charge in [0.15, 0.2) is 0 Å². The first-order chi connectivity index (χ1) is 8.04. The van der Waals surface area contributed by atoms with E-state index in [9.17, 15) is 10.2 Å². The van der Waals surface area contributed by atoms with E-state index in [1.807, 2.05) is 20.8 Å². The van der Waals surface area contributed by atoms with Gasteiger partial charge in [0.1, 0.15) is 11.5 Å². The summed E-state index contributed by atoms with van der Waals surface area (Å²) in [6.07, 6.45) is 0.127. The molecule has 0 saturated carbocycles. The van der Waals surface area contributed by atoms with E-state index in [1.165, 1.54) is 12.1 Å². The Morgan fingerprint density at radius 2 is 2.00 bits per heavy atom. The van der Waals surface area contributed by atoms with Gasteiger partial charge < -0.3 is 20.3 Å². The van der Waals surface area contributed by atoms with Gasteiger partial charge in [0.05, 0.1) is 6.10 Å². The summed E-state index contributed by atoms with van der Waals surface area (Å²) in [5.41, 5.74) is 0.689. The molecular weight excluding hydrogens is 218 g/mol. The molecule has 4 heteroatoms. The molecule has 96 valence electrons. The van der Waals surface area contributed by atoms with Crippen LogP contribution in [0.5, 0.6) is 11.5 Å². The first-order valence-corrected chi connectivity index (χ1v) is 5.91. The van der Waals surface area contributed by atoms with Crippen molar-refractivity contribution in [2.45, 2.75) is 32.9 Å². The molecule has 0 amide bonds. The summed E-state index contributed by atoms with van der Waals surface area (Å²) in [6.45, 7) is 7.28. The maximum atomic E-state index is 9.69. The van der Waals surface area contributed by atoms with Gasteiger partial charge in [-0.25, -0.2) is 0 Å². The Labute approximate surface area is 102 Å². The van der Waals surface area contributed by atoms with Crippen LogP contribution in [-0.4, -0.2) is 29.5 Å². The molecule has 1 aromatic carbocycles. The van der Waals surface area contributed by atoms with Gasteiger partial charge in [-0.1, -0.05) is 0 Å². The van der Waals surface area contributed by atoms with E-state index in [1.54, 1.807) is 6.07 Å². The SMILES string of the molecule is CCOC(C)CNC(C)c1cc(O)ccc1O. The molecule has 0 radical (unpaired) electrons. The van der Waals surface area contributed by atoms with Crippen molar-refractivity contribution in [2.75, 3.05) is 13.2 Å². The van der Waals surface area contributed by atoms with Crippen molar-refractivity contribution in [3.8, 4) is 11.5 Å². The third kappa shape index (κ3) is 4.24. The molecule has 3 N–H and O–H groups in total. The smallest absolute Gasteiger partial charge is 0.120 e. The van der Waals surface area contributed by atoms with Gasteiger partial charge in [-0.3, -0.25) is 0 Å². The zero-order valence-corrected chi connectivity index (χ0v) is 10.6. The van der Waals surface area contributed by atoms with E-state index in [0.717, 1.165) is 0 Å². The molecular formula is C13H21NO3. The van der Waals surface area contributed by atoms with Crippen LogP contribution in [-0.2, 0) is 4.74 Å². The fourth-order valence-electron chi connectivity index (χ4n) is 1.68. The van der Waals surface area contributed by atoms with Crippen LogP contribution >= 0.6 is 0 Å². The molecule has 0 aliphatic heterocycles. The van der Waals surface area contributed by atoms with E-state index < -0.39 is 0 Å². The van der Waals surface area contributed by atoms with Crippen LogP contribution in [0.3, 0.4) is 0 Å². The summed E-state index contributed by atoms with van der Waals surface area (Å²) >= 11 is 0. The van der Waals surface area contributed by atoms with Crippen LogP contribution in [0.2, 0.25) is 0 Å². The van der Waals surface area contributed by atoms with Gasteiger partial charge in [0.25, 0.3) is 0 Å². The number of phenolic OH excluding ortho intramolecular Hbond substituents is 2. The second kappa shape index (κ2) is 6.47. The summed E-state index contributed by atoms with van der Waals surface area (Å²) in [7, 11) is 0. The highest BCUT2D eigenvalue weighted by molar-refractivity contribution is 5.40. The minimum atomic E-state index is -0.0370. The molecule has 0 saturated heterocycles. The molecule has 0 aromatic heterocycles. The molecule has 1 rings (SSSR count). The Morgan fingerprint density at radius 3 is 2.65 bits per heavy atom. The minimum Gasteiger partial charge on any atom is -0.508 e. The Morgan fingerprint density at radius 1 is 1.29 bits per heavy atom. The molecule has 1 aromatic rings. The van der Waals surface area contributed by atoms with E-state index in [-0.39, 0.29) is 23.6 Å². The summed E-state index contributed by atoms with van der Waals surface area (Å²) < 4.78 is 5.41. The average Bonchev–Trinajstić information content (AvgIpc) is 2.29. The zero-order valence-electron chi connectivity index (χ0n) is 10.6. The first kappa shape index (κ1) is 13.8. The lowest BCUT2D eigenvalue weighted by atomic mass is 10.1. The van der Waals surface area contributed by atoms with Gasteiger partial charge in [0, 0.05) is 24.8 Å². The van der Waals surface area contributed by atoms with Gasteiger partial charge >= 0.3 is 0 Å². The lowest BCUT2D eigenvalue weighted by Gasteiger charge is -2.19. The predicted molar refractivity (Wildman–Crippen MR) is 67.3 cm³/mol. The minimum absolute atomic E-state index is 0.0370. The largest absolute Gasteiger partial charge is 0.508 e. The Hall–Kier alpha value is -1.26. The Balaban J connectivity index is 2.57. The van der Waals surface area contributed by atoms with E-state index in [0.29, 0.717) is 18.7 Å². The lowest BCUT2D eigenvalue weighted by molar-refractivity contribution is 0.0743. The molecule has 0 aliphatic carbocycles. The quantitative estimate of drug-likeness (QED) is 0.666. The molecule has 0 spiro atoms. The maximum Gasteiger partial charge on any atom is 0.120 e. The summed E-state index contributed by atoms with van der Waals surface area (Å²) in [6, 6.07) is 4.49. The highest BCUT2D eigenvalue weighted by atomic mass is 16.5. The van der Waals surface area contributed by atoms with Crippen molar-refractivity contribution in [3.63, 3.8) is 0 Å². The van der Waals surface area contributed by atoms with Gasteiger partial charge in [-0.2, -0.15) is 0 Å². The molecule has 17 heavy (non-hydrogen) atoms. The number of ether oxygens (including phenoxy) is 1. The summed E-state index contributed by atoms with van der Waals surface area (Å²) in [5.74, 6) is 0.344. The highest BCUT2D eigenvalue weighted by Crippen LogP contribution is 2.27. The zero-order chi connectivity index (χ0) is 12.8. The standard InChI is InChI=1S/C13H21NO3/c1-4-17-9(2)8-14-10(3)12-7-11(15)5-6-13(12)16/h5-7,9-10,14-16H,4,8H2,1-3H3. The topological polar surface area (TPSA) is 61.7 Å². The van der Waals surface area contributed by atoms with Crippen molar-refractivity contribution in [3.05, 3.63) is 23.8 Å². The van der Waals surface area contributed by atoms with E-state index in [2.05, 4.69) is 5.32 Å². The molecule has 2 atom stereocenters. The molecule has 4 nitrogen and oxygen atoms in total. The monoisotopic (exact) mass is 239 g/mol. The van der Waals surface area contributed by atoms with Crippen LogP contribution in [0.4, 0.5) is 0 Å². The number of phenols is 2. The highest BCUT2D eigenvalue weighted by Gasteiger charge is 2.12. The fraction of sp³-hybridized carbons (Fsp3) is 0.538. The number of aromatic hydroxyl groups is 2. The number of hydrogen-bond donors (Lipinski definition) is 3. The number of benzene rings is 1. The van der Waals surface area contributed by atoms with E-state index in [4.69, 9.17) is 4.74 Å². The number of nitrogens with one attached hydrogen (secondary N) is 1. The molecule has 0 bridgehead atoms. The van der Waals surface area contributed by atoms with Crippen LogP contribution in [0.15, 0.2) is 18.2 Å². The molecule has 0 aliphatic rings. The molecule has 2 unspecified atom stereocenters.